The predicted molar refractivity (Wildman–Crippen MR) is 133 cm³/mol. The maximum Gasteiger partial charge on any atom is 0.273 e. The Labute approximate surface area is 207 Å². The minimum atomic E-state index is -0.422. The molecule has 1 aliphatic heterocycles. The molecule has 6 rings (SSSR count). The average molecular weight is 478 g/mol. The van der Waals surface area contributed by atoms with Crippen LogP contribution in [0.5, 0.6) is 11.5 Å². The highest BCUT2D eigenvalue weighted by Gasteiger charge is 2.42. The third-order valence-electron chi connectivity index (χ3n) is 6.37. The van der Waals surface area contributed by atoms with E-state index < -0.39 is 6.04 Å². The molecule has 1 aliphatic rings. The molecule has 1 atom stereocenters. The standard InChI is InChI=1S/C29H23N3O4/c33-24-11-5-4-10-23(24)26-25-27(31-30-26)29(34)32(17-22-9-6-16-35-22)28(25)20-12-14-21(15-13-20)36-18-19-7-2-1-3-8-19/h1-16,28,33H,17-18H2,(H,30,31). The van der Waals surface area contributed by atoms with Gasteiger partial charge in [0.25, 0.3) is 5.91 Å². The molecule has 1 amide bonds. The molecule has 5 aromatic rings. The number of furan rings is 1. The van der Waals surface area contributed by atoms with Crippen molar-refractivity contribution in [3.05, 3.63) is 125 Å². The number of aromatic nitrogens is 2. The van der Waals surface area contributed by atoms with E-state index in [-0.39, 0.29) is 11.7 Å². The van der Waals surface area contributed by atoms with Gasteiger partial charge in [-0.3, -0.25) is 9.89 Å². The van der Waals surface area contributed by atoms with E-state index in [9.17, 15) is 9.90 Å². The zero-order valence-electron chi connectivity index (χ0n) is 19.3. The molecule has 1 unspecified atom stereocenters. The number of phenols is 1. The quantitative estimate of drug-likeness (QED) is 0.314. The number of nitrogens with zero attached hydrogens (tertiary/aromatic N) is 2. The van der Waals surface area contributed by atoms with Gasteiger partial charge in [0.2, 0.25) is 0 Å². The second-order valence-electron chi connectivity index (χ2n) is 8.64. The molecule has 36 heavy (non-hydrogen) atoms. The highest BCUT2D eigenvalue weighted by atomic mass is 16.5. The lowest BCUT2D eigenvalue weighted by Crippen LogP contribution is -2.28. The van der Waals surface area contributed by atoms with Crippen molar-refractivity contribution in [2.45, 2.75) is 19.2 Å². The number of aromatic amines is 1. The fourth-order valence-electron chi connectivity index (χ4n) is 4.64. The van der Waals surface area contributed by atoms with E-state index in [0.717, 1.165) is 22.4 Å². The molecule has 0 spiro atoms. The van der Waals surface area contributed by atoms with E-state index in [1.807, 2.05) is 66.7 Å². The van der Waals surface area contributed by atoms with E-state index in [4.69, 9.17) is 9.15 Å². The fraction of sp³-hybridized carbons (Fsp3) is 0.103. The summed E-state index contributed by atoms with van der Waals surface area (Å²) in [6.07, 6.45) is 1.60. The number of fused-ring (bicyclic) bond motifs is 1. The Morgan fingerprint density at radius 2 is 1.72 bits per heavy atom. The van der Waals surface area contributed by atoms with Gasteiger partial charge < -0.3 is 19.2 Å². The van der Waals surface area contributed by atoms with Gasteiger partial charge in [0.15, 0.2) is 0 Å². The number of para-hydroxylation sites is 1. The minimum Gasteiger partial charge on any atom is -0.507 e. The van der Waals surface area contributed by atoms with Crippen LogP contribution in [0, 0.1) is 0 Å². The Morgan fingerprint density at radius 1 is 0.944 bits per heavy atom. The second-order valence-corrected chi connectivity index (χ2v) is 8.64. The zero-order valence-corrected chi connectivity index (χ0v) is 19.3. The van der Waals surface area contributed by atoms with Gasteiger partial charge in [-0.2, -0.15) is 5.10 Å². The first-order valence-corrected chi connectivity index (χ1v) is 11.7. The van der Waals surface area contributed by atoms with Crippen LogP contribution in [0.2, 0.25) is 0 Å². The second kappa shape index (κ2) is 9.11. The third-order valence-corrected chi connectivity index (χ3v) is 6.37. The normalized spacial score (nSPS) is 14.7. The molecule has 0 fully saturated rings. The lowest BCUT2D eigenvalue weighted by molar-refractivity contribution is 0.0717. The van der Waals surface area contributed by atoms with Crippen LogP contribution in [0.1, 0.15) is 39.0 Å². The van der Waals surface area contributed by atoms with Crippen LogP contribution in [-0.4, -0.2) is 26.1 Å². The van der Waals surface area contributed by atoms with Crippen LogP contribution in [0.4, 0.5) is 0 Å². The van der Waals surface area contributed by atoms with Crippen molar-refractivity contribution in [2.24, 2.45) is 0 Å². The molecule has 0 radical (unpaired) electrons. The number of benzene rings is 3. The number of rotatable bonds is 7. The molecule has 7 heteroatoms. The van der Waals surface area contributed by atoms with E-state index in [1.54, 1.807) is 35.4 Å². The SMILES string of the molecule is O=C1c2[nH]nc(-c3ccccc3O)c2C(c2ccc(OCc3ccccc3)cc2)N1Cc1ccco1. The fourth-order valence-corrected chi connectivity index (χ4v) is 4.64. The molecule has 0 saturated heterocycles. The summed E-state index contributed by atoms with van der Waals surface area (Å²) in [5, 5.41) is 17.9. The first-order valence-electron chi connectivity index (χ1n) is 11.7. The van der Waals surface area contributed by atoms with Gasteiger partial charge in [0.1, 0.15) is 35.3 Å². The summed E-state index contributed by atoms with van der Waals surface area (Å²) in [5.74, 6) is 1.34. The molecule has 2 N–H and O–H groups in total. The van der Waals surface area contributed by atoms with Crippen LogP contribution in [0.25, 0.3) is 11.3 Å². The number of carbonyl (C=O) groups excluding carboxylic acids is 1. The molecule has 2 aromatic heterocycles. The molecule has 0 bridgehead atoms. The molecule has 3 heterocycles. The number of phenolic OH excluding ortho intramolecular Hbond substituents is 1. The zero-order chi connectivity index (χ0) is 24.5. The van der Waals surface area contributed by atoms with Crippen molar-refractivity contribution in [2.75, 3.05) is 0 Å². The molecule has 178 valence electrons. The minimum absolute atomic E-state index is 0.104. The summed E-state index contributed by atoms with van der Waals surface area (Å²) in [4.78, 5) is 15.2. The first-order chi connectivity index (χ1) is 17.7. The van der Waals surface area contributed by atoms with E-state index in [2.05, 4.69) is 10.2 Å². The summed E-state index contributed by atoms with van der Waals surface area (Å²) >= 11 is 0. The van der Waals surface area contributed by atoms with Crippen LogP contribution in [-0.2, 0) is 13.2 Å². The van der Waals surface area contributed by atoms with Crippen LogP contribution in [0.15, 0.2) is 102 Å². The third kappa shape index (κ3) is 3.90. The average Bonchev–Trinajstić information content (AvgIpc) is 3.64. The number of H-pyrrole nitrogens is 1. The Kier molecular flexibility index (Phi) is 5.50. The van der Waals surface area contributed by atoms with Gasteiger partial charge in [-0.05, 0) is 47.5 Å². The maximum atomic E-state index is 13.5. The van der Waals surface area contributed by atoms with Gasteiger partial charge in [-0.1, -0.05) is 54.6 Å². The first kappa shape index (κ1) is 21.7. The Balaban J connectivity index is 1.37. The Morgan fingerprint density at radius 3 is 2.47 bits per heavy atom. The number of ether oxygens (including phenoxy) is 1. The number of hydrogen-bond acceptors (Lipinski definition) is 5. The van der Waals surface area contributed by atoms with Crippen molar-refractivity contribution in [3.63, 3.8) is 0 Å². The summed E-state index contributed by atoms with van der Waals surface area (Å²) in [5.41, 5.74) is 4.24. The van der Waals surface area contributed by atoms with Crippen molar-refractivity contribution < 1.29 is 19.1 Å². The number of carbonyl (C=O) groups is 1. The molecule has 3 aromatic carbocycles. The van der Waals surface area contributed by atoms with Crippen molar-refractivity contribution in [1.29, 1.82) is 0 Å². The van der Waals surface area contributed by atoms with Gasteiger partial charge in [0.05, 0.1) is 18.8 Å². The van der Waals surface area contributed by atoms with Crippen LogP contribution in [0.3, 0.4) is 0 Å². The van der Waals surface area contributed by atoms with Gasteiger partial charge >= 0.3 is 0 Å². The van der Waals surface area contributed by atoms with Crippen LogP contribution < -0.4 is 4.74 Å². The molecule has 7 nitrogen and oxygen atoms in total. The lowest BCUT2D eigenvalue weighted by Gasteiger charge is -2.25. The number of amides is 1. The lowest BCUT2D eigenvalue weighted by atomic mass is 9.95. The monoisotopic (exact) mass is 477 g/mol. The highest BCUT2D eigenvalue weighted by molar-refractivity contribution is 6.00. The van der Waals surface area contributed by atoms with Crippen molar-refractivity contribution in [1.82, 2.24) is 15.1 Å². The van der Waals surface area contributed by atoms with Crippen molar-refractivity contribution >= 4 is 5.91 Å². The van der Waals surface area contributed by atoms with Crippen LogP contribution >= 0.6 is 0 Å². The topological polar surface area (TPSA) is 91.6 Å². The summed E-state index contributed by atoms with van der Waals surface area (Å²) < 4.78 is 11.5. The maximum absolute atomic E-state index is 13.5. The van der Waals surface area contributed by atoms with Gasteiger partial charge in [0, 0.05) is 11.1 Å². The predicted octanol–water partition coefficient (Wildman–Crippen LogP) is 5.70. The highest BCUT2D eigenvalue weighted by Crippen LogP contribution is 2.45. The molecular formula is C29H23N3O4. The van der Waals surface area contributed by atoms with Gasteiger partial charge in [-0.15, -0.1) is 0 Å². The van der Waals surface area contributed by atoms with E-state index in [1.165, 1.54) is 0 Å². The summed E-state index contributed by atoms with van der Waals surface area (Å²) in [6.45, 7) is 0.765. The number of aromatic hydroxyl groups is 1. The Bertz CT molecular complexity index is 1490. The molecule has 0 saturated carbocycles. The van der Waals surface area contributed by atoms with Crippen molar-refractivity contribution in [3.8, 4) is 22.8 Å². The number of hydrogen-bond donors (Lipinski definition) is 2. The van der Waals surface area contributed by atoms with E-state index in [0.29, 0.717) is 35.9 Å². The number of nitrogens with one attached hydrogen (secondary N) is 1. The smallest absolute Gasteiger partial charge is 0.273 e. The molecule has 0 aliphatic carbocycles. The summed E-state index contributed by atoms with van der Waals surface area (Å²) in [7, 11) is 0. The van der Waals surface area contributed by atoms with E-state index >= 15 is 0 Å². The Hall–Kier alpha value is -4.78. The largest absolute Gasteiger partial charge is 0.507 e. The van der Waals surface area contributed by atoms with Gasteiger partial charge in [-0.25, -0.2) is 0 Å². The molecular weight excluding hydrogens is 454 g/mol. The summed E-state index contributed by atoms with van der Waals surface area (Å²) in [6, 6.07) is 27.9.